The summed E-state index contributed by atoms with van der Waals surface area (Å²) in [6, 6.07) is 16.8. The van der Waals surface area contributed by atoms with Crippen LogP contribution in [0.3, 0.4) is 0 Å². The zero-order valence-electron chi connectivity index (χ0n) is 12.8. The van der Waals surface area contributed by atoms with Crippen molar-refractivity contribution in [2.45, 2.75) is 19.3 Å². The predicted octanol–water partition coefficient (Wildman–Crippen LogP) is 3.50. The summed E-state index contributed by atoms with van der Waals surface area (Å²) in [4.78, 5) is 25.7. The zero-order chi connectivity index (χ0) is 16.1. The molecule has 0 saturated carbocycles. The van der Waals surface area contributed by atoms with Crippen molar-refractivity contribution in [2.24, 2.45) is 0 Å². The highest BCUT2D eigenvalue weighted by Gasteiger charge is 2.34. The molecule has 1 aliphatic heterocycles. The van der Waals surface area contributed by atoms with Crippen molar-refractivity contribution in [3.8, 4) is 11.8 Å². The van der Waals surface area contributed by atoms with E-state index in [2.05, 4.69) is 11.8 Å². The summed E-state index contributed by atoms with van der Waals surface area (Å²) in [6.45, 7) is 0.458. The molecule has 3 heteroatoms. The molecule has 0 N–H and O–H groups in total. The Hall–Kier alpha value is -2.86. The van der Waals surface area contributed by atoms with Crippen molar-refractivity contribution in [1.29, 1.82) is 0 Å². The third-order valence-corrected chi connectivity index (χ3v) is 3.82. The number of imide groups is 1. The lowest BCUT2D eigenvalue weighted by Crippen LogP contribution is -2.30. The van der Waals surface area contributed by atoms with Gasteiger partial charge in [-0.25, -0.2) is 0 Å². The van der Waals surface area contributed by atoms with Crippen molar-refractivity contribution in [3.63, 3.8) is 0 Å². The summed E-state index contributed by atoms with van der Waals surface area (Å²) in [6.07, 6.45) is 2.40. The van der Waals surface area contributed by atoms with E-state index in [1.165, 1.54) is 4.90 Å². The van der Waals surface area contributed by atoms with E-state index in [4.69, 9.17) is 0 Å². The largest absolute Gasteiger partial charge is 0.274 e. The molecular weight excluding hydrogens is 286 g/mol. The summed E-state index contributed by atoms with van der Waals surface area (Å²) >= 11 is 0. The van der Waals surface area contributed by atoms with Gasteiger partial charge in [-0.1, -0.05) is 42.2 Å². The van der Waals surface area contributed by atoms with E-state index in [1.807, 2.05) is 30.3 Å². The second-order valence-electron chi connectivity index (χ2n) is 5.43. The fourth-order valence-electron chi connectivity index (χ4n) is 2.61. The lowest BCUT2D eigenvalue weighted by Gasteiger charge is -2.12. The number of benzene rings is 2. The standard InChI is InChI=1S/C20H17NO2/c22-19-17-13-7-8-14-18(17)20(23)21(19)15-9-2-1-4-10-16-11-5-3-6-12-16/h3,5-8,11-14H,1-2,9,15H2. The Kier molecular flexibility index (Phi) is 4.54. The van der Waals surface area contributed by atoms with Crippen LogP contribution < -0.4 is 0 Å². The van der Waals surface area contributed by atoms with E-state index in [1.54, 1.807) is 24.3 Å². The number of amides is 2. The van der Waals surface area contributed by atoms with Crippen LogP contribution in [-0.2, 0) is 0 Å². The molecule has 2 aromatic carbocycles. The van der Waals surface area contributed by atoms with Crippen LogP contribution in [0.2, 0.25) is 0 Å². The van der Waals surface area contributed by atoms with Crippen LogP contribution in [-0.4, -0.2) is 23.3 Å². The van der Waals surface area contributed by atoms with Gasteiger partial charge in [-0.3, -0.25) is 14.5 Å². The third kappa shape index (κ3) is 3.32. The van der Waals surface area contributed by atoms with E-state index in [9.17, 15) is 9.59 Å². The highest BCUT2D eigenvalue weighted by atomic mass is 16.2. The average molecular weight is 303 g/mol. The Morgan fingerprint density at radius 3 is 2.04 bits per heavy atom. The molecule has 23 heavy (non-hydrogen) atoms. The molecule has 3 rings (SSSR count). The fourth-order valence-corrected chi connectivity index (χ4v) is 2.61. The number of hydrogen-bond acceptors (Lipinski definition) is 2. The van der Waals surface area contributed by atoms with Gasteiger partial charge < -0.3 is 0 Å². The van der Waals surface area contributed by atoms with Crippen LogP contribution in [0.25, 0.3) is 0 Å². The van der Waals surface area contributed by atoms with E-state index >= 15 is 0 Å². The number of hydrogen-bond donors (Lipinski definition) is 0. The molecule has 0 aromatic heterocycles. The highest BCUT2D eigenvalue weighted by molar-refractivity contribution is 6.21. The van der Waals surface area contributed by atoms with Gasteiger partial charge in [-0.15, -0.1) is 0 Å². The molecule has 0 radical (unpaired) electrons. The highest BCUT2D eigenvalue weighted by Crippen LogP contribution is 2.22. The first-order valence-electron chi connectivity index (χ1n) is 7.76. The maximum atomic E-state index is 12.2. The van der Waals surface area contributed by atoms with Crippen LogP contribution in [0.4, 0.5) is 0 Å². The molecule has 0 unspecified atom stereocenters. The lowest BCUT2D eigenvalue weighted by atomic mass is 10.1. The van der Waals surface area contributed by atoms with E-state index in [0.717, 1.165) is 24.8 Å². The topological polar surface area (TPSA) is 37.4 Å². The maximum absolute atomic E-state index is 12.2. The first kappa shape index (κ1) is 15.1. The second-order valence-corrected chi connectivity index (χ2v) is 5.43. The molecular formula is C20H17NO2. The normalized spacial score (nSPS) is 12.8. The van der Waals surface area contributed by atoms with Crippen molar-refractivity contribution in [1.82, 2.24) is 4.90 Å². The Morgan fingerprint density at radius 1 is 0.783 bits per heavy atom. The van der Waals surface area contributed by atoms with Gasteiger partial charge in [0.05, 0.1) is 11.1 Å². The average Bonchev–Trinajstić information content (AvgIpc) is 2.84. The Labute approximate surface area is 135 Å². The number of carbonyl (C=O) groups excluding carboxylic acids is 2. The maximum Gasteiger partial charge on any atom is 0.261 e. The Morgan fingerprint density at radius 2 is 1.39 bits per heavy atom. The van der Waals surface area contributed by atoms with Gasteiger partial charge in [0, 0.05) is 18.5 Å². The SMILES string of the molecule is O=C1c2ccccc2C(=O)N1CCCCC#Cc1ccccc1. The van der Waals surface area contributed by atoms with Gasteiger partial charge in [0.25, 0.3) is 11.8 Å². The quantitative estimate of drug-likeness (QED) is 0.492. The Bertz CT molecular complexity index is 749. The molecule has 3 nitrogen and oxygen atoms in total. The van der Waals surface area contributed by atoms with Gasteiger partial charge in [-0.05, 0) is 37.1 Å². The molecule has 114 valence electrons. The fraction of sp³-hybridized carbons (Fsp3) is 0.200. The monoisotopic (exact) mass is 303 g/mol. The number of fused-ring (bicyclic) bond motifs is 1. The van der Waals surface area contributed by atoms with Crippen LogP contribution in [0, 0.1) is 11.8 Å². The van der Waals surface area contributed by atoms with Crippen molar-refractivity contribution in [2.75, 3.05) is 6.54 Å². The van der Waals surface area contributed by atoms with Crippen molar-refractivity contribution >= 4 is 11.8 Å². The van der Waals surface area contributed by atoms with Gasteiger partial charge in [0.2, 0.25) is 0 Å². The predicted molar refractivity (Wildman–Crippen MR) is 89.0 cm³/mol. The number of unbranched alkanes of at least 4 members (excludes halogenated alkanes) is 2. The van der Waals surface area contributed by atoms with Crippen LogP contribution in [0.1, 0.15) is 45.5 Å². The van der Waals surface area contributed by atoms with E-state index < -0.39 is 0 Å². The first-order chi connectivity index (χ1) is 11.3. The van der Waals surface area contributed by atoms with Crippen molar-refractivity contribution < 1.29 is 9.59 Å². The van der Waals surface area contributed by atoms with Crippen LogP contribution in [0.5, 0.6) is 0 Å². The second kappa shape index (κ2) is 6.93. The smallest absolute Gasteiger partial charge is 0.261 e. The van der Waals surface area contributed by atoms with Gasteiger partial charge in [0.1, 0.15) is 0 Å². The minimum Gasteiger partial charge on any atom is -0.274 e. The number of carbonyl (C=O) groups is 2. The molecule has 1 heterocycles. The summed E-state index contributed by atoms with van der Waals surface area (Å²) < 4.78 is 0. The summed E-state index contributed by atoms with van der Waals surface area (Å²) in [7, 11) is 0. The summed E-state index contributed by atoms with van der Waals surface area (Å²) in [5, 5.41) is 0. The number of nitrogens with zero attached hydrogens (tertiary/aromatic N) is 1. The lowest BCUT2D eigenvalue weighted by molar-refractivity contribution is 0.0652. The molecule has 2 amide bonds. The zero-order valence-corrected chi connectivity index (χ0v) is 12.8. The minimum atomic E-state index is -0.180. The number of rotatable bonds is 4. The molecule has 1 aliphatic rings. The minimum absolute atomic E-state index is 0.180. The first-order valence-corrected chi connectivity index (χ1v) is 7.76. The van der Waals surface area contributed by atoms with Crippen LogP contribution in [0.15, 0.2) is 54.6 Å². The van der Waals surface area contributed by atoms with Gasteiger partial charge in [-0.2, -0.15) is 0 Å². The van der Waals surface area contributed by atoms with Crippen LogP contribution >= 0.6 is 0 Å². The molecule has 0 atom stereocenters. The third-order valence-electron chi connectivity index (χ3n) is 3.82. The molecule has 2 aromatic rings. The summed E-state index contributed by atoms with van der Waals surface area (Å²) in [5.74, 6) is 5.88. The summed E-state index contributed by atoms with van der Waals surface area (Å²) in [5.41, 5.74) is 2.04. The van der Waals surface area contributed by atoms with Gasteiger partial charge in [0.15, 0.2) is 0 Å². The van der Waals surface area contributed by atoms with E-state index in [0.29, 0.717) is 17.7 Å². The molecule has 0 fully saturated rings. The molecule has 0 spiro atoms. The Balaban J connectivity index is 1.48. The molecule has 0 saturated heterocycles. The van der Waals surface area contributed by atoms with E-state index in [-0.39, 0.29) is 11.8 Å². The molecule has 0 bridgehead atoms. The van der Waals surface area contributed by atoms with Crippen molar-refractivity contribution in [3.05, 3.63) is 71.3 Å². The van der Waals surface area contributed by atoms with Gasteiger partial charge >= 0.3 is 0 Å². The molecule has 0 aliphatic carbocycles.